The third-order valence-corrected chi connectivity index (χ3v) is 10.2. The topological polar surface area (TPSA) is 122 Å². The van der Waals surface area contributed by atoms with Crippen LogP contribution in [0.15, 0.2) is 92.2 Å². The zero-order chi connectivity index (χ0) is 30.0. The molecule has 43 heavy (non-hydrogen) atoms. The summed E-state index contributed by atoms with van der Waals surface area (Å²) in [5, 5.41) is 6.14. The van der Waals surface area contributed by atoms with Gasteiger partial charge in [0.05, 0.1) is 39.4 Å². The molecule has 0 aliphatic carbocycles. The minimum absolute atomic E-state index is 0.127. The predicted octanol–water partition coefficient (Wildman–Crippen LogP) is 5.66. The predicted molar refractivity (Wildman–Crippen MR) is 167 cm³/mol. The van der Waals surface area contributed by atoms with Crippen LogP contribution in [-0.2, 0) is 10.0 Å². The number of anilines is 1. The van der Waals surface area contributed by atoms with Crippen molar-refractivity contribution in [2.45, 2.75) is 30.6 Å². The number of hydrazone groups is 1. The molecule has 0 N–H and O–H groups in total. The number of rotatable bonds is 7. The Morgan fingerprint density at radius 3 is 2.53 bits per heavy atom. The van der Waals surface area contributed by atoms with E-state index in [1.54, 1.807) is 43.5 Å². The lowest BCUT2D eigenvalue weighted by atomic mass is 10.2. The zero-order valence-corrected chi connectivity index (χ0v) is 24.9. The largest absolute Gasteiger partial charge is 0.497 e. The molecule has 1 amide bonds. The SMILES string of the molecule is COc1ccc2nc(N(/N=C/c3coc4ccccc4c3=O)C(=O)c3ccc(S(=O)(=O)N4CCCCCC4)cc3)sc2c1. The molecule has 1 aliphatic rings. The van der Waals surface area contributed by atoms with E-state index in [1.165, 1.54) is 52.4 Å². The van der Waals surface area contributed by atoms with Crippen molar-refractivity contribution in [1.29, 1.82) is 0 Å². The first-order chi connectivity index (χ1) is 20.8. The molecular formula is C31H28N4O6S2. The number of sulfonamides is 1. The Hall–Kier alpha value is -4.39. The van der Waals surface area contributed by atoms with Crippen LogP contribution < -0.4 is 15.2 Å². The molecule has 0 saturated carbocycles. The van der Waals surface area contributed by atoms with Crippen LogP contribution in [0.3, 0.4) is 0 Å². The lowest BCUT2D eigenvalue weighted by molar-refractivity contribution is 0.0987. The van der Waals surface area contributed by atoms with E-state index in [2.05, 4.69) is 10.1 Å². The first kappa shape index (κ1) is 28.7. The molecule has 5 aromatic rings. The molecule has 220 valence electrons. The molecule has 10 nitrogen and oxygen atoms in total. The van der Waals surface area contributed by atoms with Gasteiger partial charge in [0.15, 0.2) is 0 Å². The van der Waals surface area contributed by atoms with Crippen LogP contribution >= 0.6 is 11.3 Å². The van der Waals surface area contributed by atoms with Gasteiger partial charge in [0.1, 0.15) is 17.6 Å². The van der Waals surface area contributed by atoms with E-state index in [9.17, 15) is 18.0 Å². The molecular weight excluding hydrogens is 588 g/mol. The molecule has 1 saturated heterocycles. The number of benzene rings is 3. The van der Waals surface area contributed by atoms with Crippen molar-refractivity contribution in [3.05, 3.63) is 94.3 Å². The number of hydrogen-bond donors (Lipinski definition) is 0. The van der Waals surface area contributed by atoms with E-state index in [1.807, 2.05) is 6.07 Å². The third kappa shape index (κ3) is 5.81. The van der Waals surface area contributed by atoms with E-state index < -0.39 is 15.9 Å². The summed E-state index contributed by atoms with van der Waals surface area (Å²) >= 11 is 1.22. The quantitative estimate of drug-likeness (QED) is 0.171. The fourth-order valence-corrected chi connectivity index (χ4v) is 7.39. The van der Waals surface area contributed by atoms with Crippen LogP contribution in [0.4, 0.5) is 5.13 Å². The van der Waals surface area contributed by atoms with Gasteiger partial charge in [-0.2, -0.15) is 14.4 Å². The Labute approximate surface area is 251 Å². The average molecular weight is 617 g/mol. The fraction of sp³-hybridized carbons (Fsp3) is 0.226. The Morgan fingerprint density at radius 1 is 1.05 bits per heavy atom. The molecule has 3 heterocycles. The molecule has 0 spiro atoms. The van der Waals surface area contributed by atoms with Crippen molar-refractivity contribution in [2.24, 2.45) is 5.10 Å². The van der Waals surface area contributed by atoms with Crippen LogP contribution in [0.2, 0.25) is 0 Å². The van der Waals surface area contributed by atoms with Gasteiger partial charge in [0.25, 0.3) is 5.91 Å². The minimum atomic E-state index is -3.68. The van der Waals surface area contributed by atoms with E-state index >= 15 is 0 Å². The monoisotopic (exact) mass is 616 g/mol. The van der Waals surface area contributed by atoms with Crippen molar-refractivity contribution < 1.29 is 22.4 Å². The first-order valence-corrected chi connectivity index (χ1v) is 16.0. The number of fused-ring (bicyclic) bond motifs is 2. The van der Waals surface area contributed by atoms with E-state index in [-0.39, 0.29) is 26.6 Å². The van der Waals surface area contributed by atoms with Gasteiger partial charge >= 0.3 is 0 Å². The van der Waals surface area contributed by atoms with Crippen LogP contribution in [0, 0.1) is 0 Å². The number of hydrogen-bond acceptors (Lipinski definition) is 9. The second-order valence-corrected chi connectivity index (χ2v) is 13.0. The van der Waals surface area contributed by atoms with Crippen molar-refractivity contribution >= 4 is 59.8 Å². The molecule has 1 fully saturated rings. The van der Waals surface area contributed by atoms with E-state index in [0.29, 0.717) is 35.3 Å². The maximum absolute atomic E-state index is 13.9. The second kappa shape index (κ2) is 12.1. The number of para-hydroxylation sites is 1. The summed E-state index contributed by atoms with van der Waals surface area (Å²) in [5.74, 6) is 0.0882. The summed E-state index contributed by atoms with van der Waals surface area (Å²) in [5.41, 5.74) is 1.13. The molecule has 0 unspecified atom stereocenters. The molecule has 3 aromatic carbocycles. The first-order valence-electron chi connectivity index (χ1n) is 13.8. The molecule has 1 aliphatic heterocycles. The molecule has 0 bridgehead atoms. The van der Waals surface area contributed by atoms with Gasteiger partial charge in [0, 0.05) is 18.7 Å². The fourth-order valence-electron chi connectivity index (χ4n) is 4.92. The van der Waals surface area contributed by atoms with Crippen molar-refractivity contribution in [3.8, 4) is 5.75 Å². The number of ether oxygens (including phenoxy) is 1. The van der Waals surface area contributed by atoms with Crippen LogP contribution in [0.5, 0.6) is 5.75 Å². The lowest BCUT2D eigenvalue weighted by Gasteiger charge is -2.20. The zero-order valence-electron chi connectivity index (χ0n) is 23.3. The number of amides is 1. The minimum Gasteiger partial charge on any atom is -0.497 e. The van der Waals surface area contributed by atoms with Crippen LogP contribution in [0.25, 0.3) is 21.2 Å². The normalized spacial score (nSPS) is 14.7. The third-order valence-electron chi connectivity index (χ3n) is 7.28. The van der Waals surface area contributed by atoms with Gasteiger partial charge in [-0.1, -0.05) is 36.3 Å². The van der Waals surface area contributed by atoms with E-state index in [0.717, 1.165) is 35.4 Å². The summed E-state index contributed by atoms with van der Waals surface area (Å²) in [6.07, 6.45) is 6.23. The summed E-state index contributed by atoms with van der Waals surface area (Å²) in [6.45, 7) is 0.966. The lowest BCUT2D eigenvalue weighted by Crippen LogP contribution is -2.32. The summed E-state index contributed by atoms with van der Waals surface area (Å²) in [6, 6.07) is 18.0. The van der Waals surface area contributed by atoms with Gasteiger partial charge in [-0.05, 0) is 67.4 Å². The molecule has 0 atom stereocenters. The number of aromatic nitrogens is 1. The smallest absolute Gasteiger partial charge is 0.280 e. The standard InChI is InChI=1S/C31H28N4O6S2/c1-40-23-12-15-26-28(18-23)42-31(33-26)35(32-19-22-20-41-27-9-5-4-8-25(27)29(22)36)30(37)21-10-13-24(14-11-21)43(38,39)34-16-6-2-3-7-17-34/h4-5,8-15,18-20H,2-3,6-7,16-17H2,1H3/b32-19+. The number of carbonyl (C=O) groups excluding carboxylic acids is 1. The van der Waals surface area contributed by atoms with Crippen molar-refractivity contribution in [1.82, 2.24) is 9.29 Å². The Balaban J connectivity index is 1.36. The van der Waals surface area contributed by atoms with Gasteiger partial charge in [-0.25, -0.2) is 13.4 Å². The summed E-state index contributed by atoms with van der Waals surface area (Å²) in [7, 11) is -2.12. The number of methoxy groups -OCH3 is 1. The van der Waals surface area contributed by atoms with Crippen LogP contribution in [0.1, 0.15) is 41.6 Å². The van der Waals surface area contributed by atoms with Gasteiger partial charge in [0.2, 0.25) is 20.6 Å². The van der Waals surface area contributed by atoms with E-state index in [4.69, 9.17) is 9.15 Å². The van der Waals surface area contributed by atoms with Crippen molar-refractivity contribution in [3.63, 3.8) is 0 Å². The Kier molecular flexibility index (Phi) is 8.06. The number of carbonyl (C=O) groups is 1. The highest BCUT2D eigenvalue weighted by molar-refractivity contribution is 7.89. The molecule has 0 radical (unpaired) electrons. The van der Waals surface area contributed by atoms with Gasteiger partial charge in [-0.3, -0.25) is 9.59 Å². The maximum Gasteiger partial charge on any atom is 0.280 e. The average Bonchev–Trinajstić information content (AvgIpc) is 3.24. The highest BCUT2D eigenvalue weighted by Crippen LogP contribution is 2.32. The maximum atomic E-state index is 13.9. The van der Waals surface area contributed by atoms with Gasteiger partial charge in [-0.15, -0.1) is 0 Å². The second-order valence-electron chi connectivity index (χ2n) is 10.1. The van der Waals surface area contributed by atoms with Crippen molar-refractivity contribution in [2.75, 3.05) is 25.2 Å². The van der Waals surface area contributed by atoms with Crippen LogP contribution in [-0.4, -0.2) is 50.0 Å². The number of thiazole rings is 1. The molecule has 12 heteroatoms. The Bertz CT molecular complexity index is 1990. The summed E-state index contributed by atoms with van der Waals surface area (Å²) < 4.78 is 39.7. The Morgan fingerprint density at radius 2 is 1.79 bits per heavy atom. The number of nitrogens with zero attached hydrogens (tertiary/aromatic N) is 4. The summed E-state index contributed by atoms with van der Waals surface area (Å²) in [4.78, 5) is 31.7. The van der Waals surface area contributed by atoms with Gasteiger partial charge < -0.3 is 9.15 Å². The highest BCUT2D eigenvalue weighted by atomic mass is 32.2. The molecule has 2 aromatic heterocycles. The molecule has 6 rings (SSSR count). The highest BCUT2D eigenvalue weighted by Gasteiger charge is 2.27.